The maximum atomic E-state index is 11.1. The van der Waals surface area contributed by atoms with Gasteiger partial charge in [-0.1, -0.05) is 6.07 Å². The van der Waals surface area contributed by atoms with E-state index >= 15 is 0 Å². The van der Waals surface area contributed by atoms with Crippen molar-refractivity contribution in [3.8, 4) is 5.82 Å². The average molecular weight is 202 g/mol. The summed E-state index contributed by atoms with van der Waals surface area (Å²) in [6.07, 6.45) is 5.78. The molecular weight excluding hydrogens is 194 g/mol. The van der Waals surface area contributed by atoms with Crippen LogP contribution in [0.4, 0.5) is 0 Å². The summed E-state index contributed by atoms with van der Waals surface area (Å²) >= 11 is 0. The van der Waals surface area contributed by atoms with Crippen LogP contribution in [0.3, 0.4) is 0 Å². The van der Waals surface area contributed by atoms with Crippen LogP contribution in [0.1, 0.15) is 10.4 Å². The topological polar surface area (TPSA) is 57.0 Å². The second-order valence-corrected chi connectivity index (χ2v) is 2.76. The first-order valence-corrected chi connectivity index (χ1v) is 4.28. The molecule has 0 fully saturated rings. The van der Waals surface area contributed by atoms with Gasteiger partial charge < -0.3 is 4.74 Å². The van der Waals surface area contributed by atoms with E-state index in [9.17, 15) is 4.79 Å². The number of rotatable bonds is 2. The van der Waals surface area contributed by atoms with Gasteiger partial charge in [0.25, 0.3) is 0 Å². The minimum atomic E-state index is -0.461. The van der Waals surface area contributed by atoms with Crippen LogP contribution in [0.25, 0.3) is 5.82 Å². The van der Waals surface area contributed by atoms with Gasteiger partial charge in [-0.3, -0.25) is 0 Å². The number of carbonyl (C=O) groups is 1. The molecule has 5 nitrogen and oxygen atoms in total. The molecule has 0 atom stereocenters. The second kappa shape index (κ2) is 3.91. The largest absolute Gasteiger partial charge is 0.465 e. The Morgan fingerprint density at radius 3 is 3.07 bits per heavy atom. The Bertz CT molecular complexity index is 465. The highest BCUT2D eigenvalue weighted by atomic mass is 16.5. The van der Waals surface area contributed by atoms with E-state index in [4.69, 9.17) is 0 Å². The predicted molar refractivity (Wildman–Crippen MR) is 51.5 cm³/mol. The molecule has 0 aliphatic heterocycles. The van der Waals surface area contributed by atoms with Gasteiger partial charge in [0, 0.05) is 6.20 Å². The quantitative estimate of drug-likeness (QED) is 0.677. The summed E-state index contributed by atoms with van der Waals surface area (Å²) in [6.45, 7) is 0. The molecule has 15 heavy (non-hydrogen) atoms. The molecule has 0 N–H and O–H groups in total. The molecule has 0 unspecified atom stereocenters. The van der Waals surface area contributed by atoms with Crippen molar-refractivity contribution in [1.82, 2.24) is 14.8 Å². The van der Waals surface area contributed by atoms with Crippen LogP contribution in [0.2, 0.25) is 0 Å². The van der Waals surface area contributed by atoms with Crippen molar-refractivity contribution >= 4 is 5.97 Å². The van der Waals surface area contributed by atoms with Crippen LogP contribution < -0.4 is 0 Å². The van der Waals surface area contributed by atoms with E-state index < -0.39 is 5.97 Å². The number of carbonyl (C=O) groups excluding carboxylic acids is 1. The molecule has 0 saturated carbocycles. The van der Waals surface area contributed by atoms with Crippen LogP contribution >= 0.6 is 0 Å². The summed E-state index contributed by atoms with van der Waals surface area (Å²) in [6, 6.07) is 5.40. The van der Waals surface area contributed by atoms with E-state index in [1.165, 1.54) is 18.0 Å². The number of ether oxygens (including phenoxy) is 1. The highest BCUT2D eigenvalue weighted by Crippen LogP contribution is 2.04. The lowest BCUT2D eigenvalue weighted by Crippen LogP contribution is -2.00. The fourth-order valence-corrected chi connectivity index (χ4v) is 1.09. The molecule has 2 heterocycles. The van der Waals surface area contributed by atoms with Crippen LogP contribution in [0, 0.1) is 6.20 Å². The van der Waals surface area contributed by atoms with Gasteiger partial charge in [0.1, 0.15) is 11.8 Å². The van der Waals surface area contributed by atoms with Crippen molar-refractivity contribution in [3.05, 3.63) is 42.4 Å². The zero-order chi connectivity index (χ0) is 10.7. The Balaban J connectivity index is 2.32. The molecule has 0 spiro atoms. The number of esters is 1. The fourth-order valence-electron chi connectivity index (χ4n) is 1.09. The molecule has 2 aromatic heterocycles. The molecule has 5 heteroatoms. The lowest BCUT2D eigenvalue weighted by molar-refractivity contribution is 0.0600. The van der Waals surface area contributed by atoms with Gasteiger partial charge in [-0.15, -0.1) is 0 Å². The molecular formula is C10H8N3O2. The third kappa shape index (κ3) is 1.85. The van der Waals surface area contributed by atoms with Gasteiger partial charge in [0.15, 0.2) is 5.82 Å². The smallest absolute Gasteiger partial charge is 0.341 e. The van der Waals surface area contributed by atoms with Crippen molar-refractivity contribution in [2.45, 2.75) is 0 Å². The van der Waals surface area contributed by atoms with E-state index in [1.807, 2.05) is 6.07 Å². The summed E-state index contributed by atoms with van der Waals surface area (Å²) in [5.41, 5.74) is 0.281. The highest BCUT2D eigenvalue weighted by Gasteiger charge is 2.09. The van der Waals surface area contributed by atoms with Crippen molar-refractivity contribution in [2.75, 3.05) is 7.11 Å². The molecule has 0 aromatic carbocycles. The third-order valence-corrected chi connectivity index (χ3v) is 1.80. The maximum Gasteiger partial charge on any atom is 0.341 e. The number of pyridine rings is 1. The summed E-state index contributed by atoms with van der Waals surface area (Å²) in [7, 11) is 1.31. The summed E-state index contributed by atoms with van der Waals surface area (Å²) < 4.78 is 5.94. The lowest BCUT2D eigenvalue weighted by Gasteiger charge is -1.96. The molecule has 0 aliphatic rings. The first kappa shape index (κ1) is 9.39. The Morgan fingerprint density at radius 1 is 1.53 bits per heavy atom. The van der Waals surface area contributed by atoms with Gasteiger partial charge in [0.05, 0.1) is 13.3 Å². The van der Waals surface area contributed by atoms with E-state index in [0.29, 0.717) is 5.82 Å². The Morgan fingerprint density at radius 2 is 2.40 bits per heavy atom. The summed E-state index contributed by atoms with van der Waals surface area (Å²) in [4.78, 5) is 15.2. The molecule has 0 amide bonds. The average Bonchev–Trinajstić information content (AvgIpc) is 2.78. The van der Waals surface area contributed by atoms with Gasteiger partial charge in [0.2, 0.25) is 0 Å². The van der Waals surface area contributed by atoms with E-state index in [2.05, 4.69) is 21.0 Å². The van der Waals surface area contributed by atoms with Crippen LogP contribution in [0.5, 0.6) is 0 Å². The number of nitrogens with zero attached hydrogens (tertiary/aromatic N) is 3. The molecule has 0 saturated heterocycles. The predicted octanol–water partition coefficient (Wildman–Crippen LogP) is 0.854. The monoisotopic (exact) mass is 202 g/mol. The standard InChI is InChI=1S/C10H8N3O2/c1-15-10(14)8-6-12-13(7-8)9-4-2-3-5-11-9/h2-6H,1H3. The maximum absolute atomic E-state index is 11.1. The van der Waals surface area contributed by atoms with E-state index in [1.54, 1.807) is 18.3 Å². The Kier molecular flexibility index (Phi) is 2.45. The third-order valence-electron chi connectivity index (χ3n) is 1.80. The molecule has 2 rings (SSSR count). The van der Waals surface area contributed by atoms with Crippen LogP contribution in [0.15, 0.2) is 30.6 Å². The number of aromatic nitrogens is 3. The van der Waals surface area contributed by atoms with Crippen molar-refractivity contribution in [1.29, 1.82) is 0 Å². The molecule has 75 valence electrons. The Labute approximate surface area is 86.3 Å². The van der Waals surface area contributed by atoms with Gasteiger partial charge in [-0.25, -0.2) is 14.5 Å². The lowest BCUT2D eigenvalue weighted by atomic mass is 10.4. The fraction of sp³-hybridized carbons (Fsp3) is 0.100. The molecule has 2 aromatic rings. The van der Waals surface area contributed by atoms with Gasteiger partial charge >= 0.3 is 5.97 Å². The van der Waals surface area contributed by atoms with Crippen molar-refractivity contribution < 1.29 is 9.53 Å². The van der Waals surface area contributed by atoms with Crippen LogP contribution in [-0.4, -0.2) is 27.8 Å². The number of hydrogen-bond donors (Lipinski definition) is 0. The first-order chi connectivity index (χ1) is 7.31. The zero-order valence-corrected chi connectivity index (χ0v) is 8.04. The SMILES string of the molecule is COC(=O)c1[c]n(-c2ccccn2)nc1. The molecule has 1 radical (unpaired) electrons. The minimum Gasteiger partial charge on any atom is -0.465 e. The zero-order valence-electron chi connectivity index (χ0n) is 8.04. The highest BCUT2D eigenvalue weighted by molar-refractivity contribution is 5.88. The van der Waals surface area contributed by atoms with E-state index in [-0.39, 0.29) is 5.56 Å². The first-order valence-electron chi connectivity index (χ1n) is 4.28. The summed E-state index contributed by atoms with van der Waals surface area (Å²) in [5.74, 6) is 0.143. The number of hydrogen-bond acceptors (Lipinski definition) is 4. The number of methoxy groups -OCH3 is 1. The minimum absolute atomic E-state index is 0.281. The molecule has 0 aliphatic carbocycles. The van der Waals surface area contributed by atoms with E-state index in [0.717, 1.165) is 0 Å². The van der Waals surface area contributed by atoms with Crippen molar-refractivity contribution in [3.63, 3.8) is 0 Å². The van der Waals surface area contributed by atoms with Gasteiger partial charge in [-0.2, -0.15) is 5.10 Å². The van der Waals surface area contributed by atoms with Crippen molar-refractivity contribution in [2.24, 2.45) is 0 Å². The Hall–Kier alpha value is -2.17. The second-order valence-electron chi connectivity index (χ2n) is 2.76. The molecule has 0 bridgehead atoms. The summed E-state index contributed by atoms with van der Waals surface area (Å²) in [5, 5.41) is 3.95. The van der Waals surface area contributed by atoms with Crippen LogP contribution in [-0.2, 0) is 4.74 Å². The normalized spacial score (nSPS) is 9.93. The van der Waals surface area contributed by atoms with Gasteiger partial charge in [-0.05, 0) is 12.1 Å².